The number of carboxylic acid groups (broad SMARTS) is 1. The summed E-state index contributed by atoms with van der Waals surface area (Å²) in [6.45, 7) is 5.76. The zero-order valence-electron chi connectivity index (χ0n) is 36.4. The van der Waals surface area contributed by atoms with Crippen molar-refractivity contribution in [2.24, 2.45) is 11.8 Å². The summed E-state index contributed by atoms with van der Waals surface area (Å²) in [7, 11) is -7.72. The summed E-state index contributed by atoms with van der Waals surface area (Å²) in [5.74, 6) is 0.395. The predicted molar refractivity (Wildman–Crippen MR) is 222 cm³/mol. The number of carbonyl (C=O) groups excluding carboxylic acids is 1. The summed E-state index contributed by atoms with van der Waals surface area (Å²) in [6.07, 6.45) is 17.9. The highest BCUT2D eigenvalue weighted by Gasteiger charge is 2.29. The second-order valence-electron chi connectivity index (χ2n) is 16.7. The highest BCUT2D eigenvalue weighted by Crippen LogP contribution is 2.33. The molecule has 0 bridgehead atoms. The van der Waals surface area contributed by atoms with Gasteiger partial charge in [-0.25, -0.2) is 31.8 Å². The third kappa shape index (κ3) is 14.7. The van der Waals surface area contributed by atoms with Crippen molar-refractivity contribution in [3.8, 4) is 0 Å². The number of hydrogen-bond acceptors (Lipinski definition) is 17. The third-order valence-electron chi connectivity index (χ3n) is 11.7. The zero-order valence-corrected chi connectivity index (χ0v) is 38.1. The number of nitrogens with one attached hydrogen (secondary N) is 3. The van der Waals surface area contributed by atoms with Crippen LogP contribution < -0.4 is 14.9 Å². The van der Waals surface area contributed by atoms with Gasteiger partial charge in [-0.1, -0.05) is 111 Å². The molecular formula is C40H61N9O12S2. The minimum Gasteiger partial charge on any atom is -0.481 e. The summed E-state index contributed by atoms with van der Waals surface area (Å²) in [5, 5.41) is 33.2. The van der Waals surface area contributed by atoms with E-state index in [2.05, 4.69) is 40.0 Å². The van der Waals surface area contributed by atoms with Gasteiger partial charge in [-0.2, -0.15) is 9.97 Å². The first-order valence-corrected chi connectivity index (χ1v) is 24.7. The van der Waals surface area contributed by atoms with Crippen molar-refractivity contribution in [2.45, 2.75) is 178 Å². The van der Waals surface area contributed by atoms with Crippen LogP contribution in [0.4, 0.5) is 0 Å². The quantitative estimate of drug-likeness (QED) is 0.0424. The summed E-state index contributed by atoms with van der Waals surface area (Å²) in [6, 6.07) is 0. The number of aryl methyl sites for hydroxylation is 4. The highest BCUT2D eigenvalue weighted by atomic mass is 32.2. The molecule has 0 aliphatic heterocycles. The minimum absolute atomic E-state index is 0.00755. The molecule has 2 aliphatic carbocycles. The summed E-state index contributed by atoms with van der Waals surface area (Å²) in [4.78, 5) is 31.6. The Labute approximate surface area is 367 Å². The van der Waals surface area contributed by atoms with E-state index in [0.29, 0.717) is 18.8 Å². The van der Waals surface area contributed by atoms with Crippen molar-refractivity contribution in [2.75, 3.05) is 0 Å². The van der Waals surface area contributed by atoms with Crippen molar-refractivity contribution in [1.29, 1.82) is 0 Å². The Balaban J connectivity index is 0.000000238. The van der Waals surface area contributed by atoms with E-state index in [1.807, 2.05) is 0 Å². The Morgan fingerprint density at radius 1 is 0.635 bits per heavy atom. The molecule has 63 heavy (non-hydrogen) atoms. The van der Waals surface area contributed by atoms with E-state index >= 15 is 0 Å². The lowest BCUT2D eigenvalue weighted by atomic mass is 9.84. The molecular weight excluding hydrogens is 863 g/mol. The maximum absolute atomic E-state index is 12.5. The smallest absolute Gasteiger partial charge is 0.304 e. The first-order chi connectivity index (χ1) is 30.1. The number of aliphatic carboxylic acids is 1. The molecule has 0 spiro atoms. The lowest BCUT2D eigenvalue weighted by molar-refractivity contribution is -0.137. The fourth-order valence-electron chi connectivity index (χ4n) is 8.55. The molecule has 5 N–H and O–H groups in total. The maximum Gasteiger partial charge on any atom is 0.304 e. The molecule has 2 aliphatic rings. The fourth-order valence-corrected chi connectivity index (χ4v) is 11.2. The van der Waals surface area contributed by atoms with Gasteiger partial charge in [-0.05, 0) is 52.4 Å². The predicted octanol–water partition coefficient (Wildman–Crippen LogP) is 6.34. The Hall–Kier alpha value is -4.58. The molecule has 4 aromatic heterocycles. The zero-order chi connectivity index (χ0) is 45.6. The standard InChI is InChI=1S/C20H31N5O6S.C20H30N4O6S/c1-13-19(14(2)30-24-13)32(28,29)21-12-17-22-20(31-25-17)16(11-18(26)23-27)10-6-9-15-7-4-3-5-8-15;1-13-19(14(2)29-23-13)31(27,28)21-12-17-22-20(30-24-17)16(11-18(25)26)10-6-9-15-7-4-3-5-8-15/h15-16,21,27H,3-12H2,1-2H3,(H,23,26);15-16,21H,3-12H2,1-2H3,(H,25,26)/t2*16-/m11/s1. The molecule has 0 aromatic carbocycles. The van der Waals surface area contributed by atoms with Gasteiger partial charge in [-0.15, -0.1) is 0 Å². The van der Waals surface area contributed by atoms with E-state index in [1.54, 1.807) is 19.3 Å². The molecule has 0 radical (unpaired) electrons. The molecule has 21 nitrogen and oxygen atoms in total. The average Bonchev–Trinajstić information content (AvgIpc) is 4.07. The summed E-state index contributed by atoms with van der Waals surface area (Å²) in [5.41, 5.74) is 2.17. The number of hydrogen-bond donors (Lipinski definition) is 5. The second kappa shape index (κ2) is 23.4. The molecule has 2 saturated carbocycles. The number of aromatic nitrogens is 6. The Bertz CT molecular complexity index is 2250. The summed E-state index contributed by atoms with van der Waals surface area (Å²) >= 11 is 0. The van der Waals surface area contributed by atoms with E-state index in [-0.39, 0.29) is 93.9 Å². The van der Waals surface area contributed by atoms with Crippen molar-refractivity contribution in [1.82, 2.24) is 45.5 Å². The maximum atomic E-state index is 12.5. The molecule has 350 valence electrons. The number of amides is 1. The van der Waals surface area contributed by atoms with Crippen LogP contribution in [0, 0.1) is 39.5 Å². The van der Waals surface area contributed by atoms with Gasteiger partial charge < -0.3 is 23.2 Å². The first kappa shape index (κ1) is 49.4. The van der Waals surface area contributed by atoms with Crippen LogP contribution in [0.2, 0.25) is 0 Å². The van der Waals surface area contributed by atoms with Gasteiger partial charge in [0.15, 0.2) is 23.2 Å². The van der Waals surface area contributed by atoms with Gasteiger partial charge in [0.25, 0.3) is 0 Å². The number of sulfonamides is 2. The summed E-state index contributed by atoms with van der Waals surface area (Å²) < 4.78 is 75.4. The number of carbonyl (C=O) groups is 2. The highest BCUT2D eigenvalue weighted by molar-refractivity contribution is 7.89. The van der Waals surface area contributed by atoms with Crippen LogP contribution in [0.25, 0.3) is 0 Å². The van der Waals surface area contributed by atoms with Gasteiger partial charge in [0.2, 0.25) is 37.7 Å². The first-order valence-electron chi connectivity index (χ1n) is 21.7. The lowest BCUT2D eigenvalue weighted by Gasteiger charge is -2.22. The van der Waals surface area contributed by atoms with Crippen LogP contribution in [0.5, 0.6) is 0 Å². The second-order valence-corrected chi connectivity index (χ2v) is 20.1. The van der Waals surface area contributed by atoms with E-state index in [0.717, 1.165) is 31.6 Å². The topological polar surface area (TPSA) is 309 Å². The minimum atomic E-state index is -3.86. The third-order valence-corrected chi connectivity index (χ3v) is 15.0. The average molecular weight is 924 g/mol. The molecule has 2 atom stereocenters. The largest absolute Gasteiger partial charge is 0.481 e. The van der Waals surface area contributed by atoms with Gasteiger partial charge in [0.05, 0.1) is 19.5 Å². The number of carboxylic acids is 1. The van der Waals surface area contributed by atoms with E-state index in [1.165, 1.54) is 78.1 Å². The number of hydroxylamine groups is 1. The van der Waals surface area contributed by atoms with Crippen LogP contribution in [-0.2, 0) is 42.7 Å². The van der Waals surface area contributed by atoms with Gasteiger partial charge in [-0.3, -0.25) is 14.8 Å². The SMILES string of the molecule is Cc1noc(C)c1S(=O)(=O)NCc1noc([C@H](CCCC2CCCCC2)CC(=O)NO)n1.Cc1noc(C)c1S(=O)(=O)NCc1noc([C@H](CCCC2CCCCC2)CC(=O)O)n1. The molecule has 23 heteroatoms. The van der Waals surface area contributed by atoms with Gasteiger partial charge in [0.1, 0.15) is 21.2 Å². The Morgan fingerprint density at radius 2 is 1.05 bits per heavy atom. The van der Waals surface area contributed by atoms with Gasteiger partial charge >= 0.3 is 5.97 Å². The van der Waals surface area contributed by atoms with Crippen molar-refractivity contribution < 1.29 is 54.8 Å². The molecule has 0 unspecified atom stereocenters. The van der Waals surface area contributed by atoms with Crippen LogP contribution >= 0.6 is 0 Å². The van der Waals surface area contributed by atoms with Gasteiger partial charge in [0, 0.05) is 18.3 Å². The van der Waals surface area contributed by atoms with E-state index < -0.39 is 31.9 Å². The molecule has 6 rings (SSSR count). The van der Waals surface area contributed by atoms with Crippen molar-refractivity contribution >= 4 is 31.9 Å². The van der Waals surface area contributed by atoms with Crippen LogP contribution in [0.15, 0.2) is 27.9 Å². The molecule has 4 aromatic rings. The Kier molecular flexibility index (Phi) is 18.3. The monoisotopic (exact) mass is 923 g/mol. The van der Waals surface area contributed by atoms with Crippen molar-refractivity contribution in [3.05, 3.63) is 46.3 Å². The van der Waals surface area contributed by atoms with E-state index in [9.17, 15) is 31.5 Å². The number of rotatable bonds is 22. The van der Waals surface area contributed by atoms with Crippen LogP contribution in [0.3, 0.4) is 0 Å². The normalized spacial score (nSPS) is 16.3. The van der Waals surface area contributed by atoms with Crippen molar-refractivity contribution in [3.63, 3.8) is 0 Å². The number of nitrogens with zero attached hydrogens (tertiary/aromatic N) is 6. The van der Waals surface area contributed by atoms with E-state index in [4.69, 9.17) is 23.3 Å². The molecule has 2 fully saturated rings. The van der Waals surface area contributed by atoms with Crippen LogP contribution in [0.1, 0.15) is 174 Å². The Morgan fingerprint density at radius 3 is 1.41 bits per heavy atom. The molecule has 1 amide bonds. The fraction of sp³-hybridized carbons (Fsp3) is 0.700. The molecule has 0 saturated heterocycles. The van der Waals surface area contributed by atoms with Crippen LogP contribution in [-0.4, -0.2) is 69.6 Å². The molecule has 4 heterocycles. The lowest BCUT2D eigenvalue weighted by Crippen LogP contribution is -2.25.